The summed E-state index contributed by atoms with van der Waals surface area (Å²) in [6.07, 6.45) is 88.2. The average Bonchev–Trinajstić information content (AvgIpc) is 3.46. The number of allylic oxidation sites excluding steroid dienone is 10. The summed E-state index contributed by atoms with van der Waals surface area (Å²) in [7, 11) is 0. The van der Waals surface area contributed by atoms with Crippen molar-refractivity contribution in [2.75, 3.05) is 13.2 Å². The van der Waals surface area contributed by atoms with Crippen LogP contribution < -0.4 is 0 Å². The fraction of sp³-hybridized carbons (Fsp3) is 0.824. The molecule has 6 nitrogen and oxygen atoms in total. The molecule has 0 spiro atoms. The molecule has 0 aromatic heterocycles. The van der Waals surface area contributed by atoms with E-state index >= 15 is 0 Å². The van der Waals surface area contributed by atoms with Gasteiger partial charge < -0.3 is 14.2 Å². The standard InChI is InChI=1S/C74H134O6/c1-4-7-10-13-16-19-22-25-28-30-32-34-36-37-39-40-42-44-46-49-52-55-58-61-64-67-73(76)79-70-71(69-78-72(75)66-63-60-57-54-51-48-27-24-21-18-15-12-9-6-3)80-74(77)68-65-62-59-56-53-50-47-45-43-41-38-35-33-31-29-26-23-20-17-14-11-8-5-2/h8,11,17,20,24,26-27,29,33,35,71H,4-7,9-10,12-16,18-19,21-23,25,28,30-32,34,36-70H2,1-3H3/b11-8-,20-17-,27-24-,29-26-,35-33-. The lowest BCUT2D eigenvalue weighted by atomic mass is 10.0. The van der Waals surface area contributed by atoms with Gasteiger partial charge in [0.05, 0.1) is 0 Å². The van der Waals surface area contributed by atoms with Crippen molar-refractivity contribution in [3.63, 3.8) is 0 Å². The molecule has 0 bridgehead atoms. The Labute approximate surface area is 498 Å². The number of hydrogen-bond donors (Lipinski definition) is 0. The molecule has 1 unspecified atom stereocenters. The molecule has 0 fully saturated rings. The molecule has 466 valence electrons. The second-order valence-electron chi connectivity index (χ2n) is 23.8. The third kappa shape index (κ3) is 65.9. The number of ether oxygens (including phenoxy) is 3. The molecule has 0 aliphatic carbocycles. The van der Waals surface area contributed by atoms with E-state index in [2.05, 4.69) is 81.5 Å². The summed E-state index contributed by atoms with van der Waals surface area (Å²) < 4.78 is 17.0. The summed E-state index contributed by atoms with van der Waals surface area (Å²) in [5.41, 5.74) is 0. The van der Waals surface area contributed by atoms with Crippen LogP contribution in [0, 0.1) is 0 Å². The maximum Gasteiger partial charge on any atom is 0.306 e. The second kappa shape index (κ2) is 68.6. The Kier molecular flexibility index (Phi) is 66.1. The molecule has 0 aliphatic heterocycles. The Bertz CT molecular complexity index is 1430. The number of esters is 3. The van der Waals surface area contributed by atoms with Gasteiger partial charge in [-0.1, -0.05) is 332 Å². The van der Waals surface area contributed by atoms with E-state index in [0.29, 0.717) is 19.3 Å². The van der Waals surface area contributed by atoms with Gasteiger partial charge in [-0.3, -0.25) is 14.4 Å². The van der Waals surface area contributed by atoms with Gasteiger partial charge in [0.25, 0.3) is 0 Å². The quantitative estimate of drug-likeness (QED) is 0.0261. The molecule has 0 aromatic rings. The number of carbonyl (C=O) groups excluding carboxylic acids is 3. The number of hydrogen-bond acceptors (Lipinski definition) is 6. The summed E-state index contributed by atoms with van der Waals surface area (Å²) in [6, 6.07) is 0. The SMILES string of the molecule is CC/C=C\C/C=C\C/C=C\C/C=C\CCCCCCCCCCCCC(=O)OC(COC(=O)CCCCCCC/C=C\CCCCCCC)COC(=O)CCCCCCCCCCCCCCCCCCCCCCCCCCC. The molecule has 80 heavy (non-hydrogen) atoms. The topological polar surface area (TPSA) is 78.9 Å². The monoisotopic (exact) mass is 1120 g/mol. The summed E-state index contributed by atoms with van der Waals surface area (Å²) in [4.78, 5) is 38.4. The maximum absolute atomic E-state index is 13.0. The molecule has 0 aromatic carbocycles. The average molecular weight is 1120 g/mol. The van der Waals surface area contributed by atoms with Gasteiger partial charge >= 0.3 is 17.9 Å². The van der Waals surface area contributed by atoms with E-state index in [-0.39, 0.29) is 31.1 Å². The Balaban J connectivity index is 4.27. The summed E-state index contributed by atoms with van der Waals surface area (Å²) in [6.45, 7) is 6.57. The van der Waals surface area contributed by atoms with Gasteiger partial charge in [-0.2, -0.15) is 0 Å². The first-order valence-corrected chi connectivity index (χ1v) is 35.3. The number of unbranched alkanes of at least 4 members (excludes halogenated alkanes) is 44. The van der Waals surface area contributed by atoms with Crippen LogP contribution in [0.25, 0.3) is 0 Å². The Morgan fingerprint density at radius 3 is 0.775 bits per heavy atom. The highest BCUT2D eigenvalue weighted by molar-refractivity contribution is 5.71. The fourth-order valence-electron chi connectivity index (χ4n) is 10.5. The molecule has 0 saturated carbocycles. The predicted octanol–water partition coefficient (Wildman–Crippen LogP) is 24.3. The van der Waals surface area contributed by atoms with Crippen LogP contribution in [-0.2, 0) is 28.6 Å². The van der Waals surface area contributed by atoms with Crippen LogP contribution in [0.5, 0.6) is 0 Å². The first-order chi connectivity index (χ1) is 39.5. The van der Waals surface area contributed by atoms with Gasteiger partial charge in [-0.15, -0.1) is 0 Å². The van der Waals surface area contributed by atoms with Gasteiger partial charge in [0, 0.05) is 19.3 Å². The van der Waals surface area contributed by atoms with Gasteiger partial charge in [-0.25, -0.2) is 0 Å². The molecule has 0 saturated heterocycles. The smallest absolute Gasteiger partial charge is 0.306 e. The maximum atomic E-state index is 13.0. The van der Waals surface area contributed by atoms with Crippen molar-refractivity contribution in [3.8, 4) is 0 Å². The van der Waals surface area contributed by atoms with Crippen molar-refractivity contribution in [2.24, 2.45) is 0 Å². The lowest BCUT2D eigenvalue weighted by Crippen LogP contribution is -2.30. The van der Waals surface area contributed by atoms with Crippen LogP contribution in [-0.4, -0.2) is 37.2 Å². The van der Waals surface area contributed by atoms with E-state index < -0.39 is 6.10 Å². The molecule has 0 amide bonds. The zero-order valence-electron chi connectivity index (χ0n) is 53.6. The Morgan fingerprint density at radius 1 is 0.263 bits per heavy atom. The van der Waals surface area contributed by atoms with Crippen LogP contribution in [0.3, 0.4) is 0 Å². The number of carbonyl (C=O) groups is 3. The van der Waals surface area contributed by atoms with E-state index in [0.717, 1.165) is 89.9 Å². The van der Waals surface area contributed by atoms with E-state index in [1.54, 1.807) is 0 Å². The summed E-state index contributed by atoms with van der Waals surface area (Å²) in [5.74, 6) is -0.864. The van der Waals surface area contributed by atoms with Gasteiger partial charge in [0.1, 0.15) is 13.2 Å². The van der Waals surface area contributed by atoms with Crippen molar-refractivity contribution >= 4 is 17.9 Å². The molecule has 0 rings (SSSR count). The minimum absolute atomic E-state index is 0.0744. The third-order valence-electron chi connectivity index (χ3n) is 15.8. The molecule has 0 heterocycles. The third-order valence-corrected chi connectivity index (χ3v) is 15.8. The van der Waals surface area contributed by atoms with Gasteiger partial charge in [0.2, 0.25) is 0 Å². The molecule has 0 N–H and O–H groups in total. The first-order valence-electron chi connectivity index (χ1n) is 35.3. The normalized spacial score (nSPS) is 12.4. The summed E-state index contributed by atoms with van der Waals surface area (Å²) in [5, 5.41) is 0. The molecular weight excluding hydrogens is 985 g/mol. The van der Waals surface area contributed by atoms with Crippen molar-refractivity contribution in [2.45, 2.75) is 380 Å². The van der Waals surface area contributed by atoms with Crippen LogP contribution >= 0.6 is 0 Å². The zero-order chi connectivity index (χ0) is 57.8. The van der Waals surface area contributed by atoms with E-state index in [9.17, 15) is 14.4 Å². The molecule has 0 aliphatic rings. The highest BCUT2D eigenvalue weighted by Gasteiger charge is 2.19. The minimum Gasteiger partial charge on any atom is -0.462 e. The van der Waals surface area contributed by atoms with Crippen LogP contribution in [0.2, 0.25) is 0 Å². The van der Waals surface area contributed by atoms with Crippen molar-refractivity contribution in [1.82, 2.24) is 0 Å². The van der Waals surface area contributed by atoms with Crippen molar-refractivity contribution < 1.29 is 28.6 Å². The lowest BCUT2D eigenvalue weighted by molar-refractivity contribution is -0.167. The first kappa shape index (κ1) is 77.1. The number of rotatable bonds is 65. The zero-order valence-corrected chi connectivity index (χ0v) is 53.6. The molecule has 1 atom stereocenters. The van der Waals surface area contributed by atoms with Crippen LogP contribution in [0.15, 0.2) is 60.8 Å². The van der Waals surface area contributed by atoms with Crippen LogP contribution in [0.1, 0.15) is 374 Å². The van der Waals surface area contributed by atoms with Gasteiger partial charge in [0.15, 0.2) is 6.10 Å². The van der Waals surface area contributed by atoms with E-state index in [1.807, 2.05) is 0 Å². The highest BCUT2D eigenvalue weighted by Crippen LogP contribution is 2.18. The largest absolute Gasteiger partial charge is 0.462 e. The predicted molar refractivity (Wildman–Crippen MR) is 348 cm³/mol. The highest BCUT2D eigenvalue weighted by atomic mass is 16.6. The Morgan fingerprint density at radius 2 is 0.487 bits per heavy atom. The molecular formula is C74H134O6. The molecule has 6 heteroatoms. The lowest BCUT2D eigenvalue weighted by Gasteiger charge is -2.18. The minimum atomic E-state index is -0.780. The van der Waals surface area contributed by atoms with E-state index in [4.69, 9.17) is 14.2 Å². The Hall–Kier alpha value is -2.89. The summed E-state index contributed by atoms with van der Waals surface area (Å²) >= 11 is 0. The van der Waals surface area contributed by atoms with Crippen molar-refractivity contribution in [3.05, 3.63) is 60.8 Å². The van der Waals surface area contributed by atoms with Crippen molar-refractivity contribution in [1.29, 1.82) is 0 Å². The second-order valence-corrected chi connectivity index (χ2v) is 23.8. The van der Waals surface area contributed by atoms with E-state index in [1.165, 1.54) is 244 Å². The van der Waals surface area contributed by atoms with Gasteiger partial charge in [-0.05, 0) is 83.5 Å². The molecule has 0 radical (unpaired) electrons. The fourth-order valence-corrected chi connectivity index (χ4v) is 10.5. The van der Waals surface area contributed by atoms with Crippen LogP contribution in [0.4, 0.5) is 0 Å².